The molecule has 1 unspecified atom stereocenters. The van der Waals surface area contributed by atoms with Crippen molar-refractivity contribution in [1.29, 1.82) is 0 Å². The van der Waals surface area contributed by atoms with Crippen molar-refractivity contribution in [3.05, 3.63) is 0 Å². The molecule has 0 aliphatic heterocycles. The lowest BCUT2D eigenvalue weighted by atomic mass is 10.4. The molecule has 0 saturated heterocycles. The van der Waals surface area contributed by atoms with Crippen molar-refractivity contribution in [2.75, 3.05) is 6.61 Å². The van der Waals surface area contributed by atoms with E-state index in [9.17, 15) is 21.8 Å². The summed E-state index contributed by atoms with van der Waals surface area (Å²) in [6, 6.07) is 0. The SMILES string of the molecule is O=S(Cl)OCC(F)(F)C(F)F. The summed E-state index contributed by atoms with van der Waals surface area (Å²) in [5.74, 6) is -4.30. The molecule has 0 rings (SSSR count). The monoisotopic (exact) mass is 214 g/mol. The first-order valence-corrected chi connectivity index (χ1v) is 4.13. The topological polar surface area (TPSA) is 26.3 Å². The molecular formula is C3H3ClF4O2S. The highest BCUT2D eigenvalue weighted by Gasteiger charge is 2.41. The van der Waals surface area contributed by atoms with Crippen molar-refractivity contribution in [2.24, 2.45) is 0 Å². The Balaban J connectivity index is 3.82. The molecule has 0 heterocycles. The minimum atomic E-state index is -4.30. The third-order valence-electron chi connectivity index (χ3n) is 0.663. The van der Waals surface area contributed by atoms with Crippen molar-refractivity contribution < 1.29 is 26.0 Å². The lowest BCUT2D eigenvalue weighted by Gasteiger charge is -2.12. The largest absolute Gasteiger partial charge is 0.331 e. The molecule has 0 radical (unpaired) electrons. The van der Waals surface area contributed by atoms with E-state index in [1.54, 1.807) is 0 Å². The van der Waals surface area contributed by atoms with Crippen LogP contribution in [0.2, 0.25) is 0 Å². The number of hydrogen-bond acceptors (Lipinski definition) is 2. The molecule has 0 amide bonds. The van der Waals surface area contributed by atoms with Gasteiger partial charge in [0.25, 0.3) is 10.3 Å². The Hall–Kier alpha value is 0.120. The Bertz CT molecular complexity index is 152. The minimum Gasteiger partial charge on any atom is -0.272 e. The average Bonchev–Trinajstić information content (AvgIpc) is 1.84. The van der Waals surface area contributed by atoms with E-state index in [-0.39, 0.29) is 0 Å². The van der Waals surface area contributed by atoms with Gasteiger partial charge < -0.3 is 0 Å². The maximum Gasteiger partial charge on any atom is 0.331 e. The van der Waals surface area contributed by atoms with Crippen LogP contribution in [0.4, 0.5) is 17.6 Å². The molecule has 0 aromatic heterocycles. The van der Waals surface area contributed by atoms with Gasteiger partial charge >= 0.3 is 12.3 Å². The van der Waals surface area contributed by atoms with Gasteiger partial charge in [-0.1, -0.05) is 0 Å². The second-order valence-electron chi connectivity index (χ2n) is 1.52. The third kappa shape index (κ3) is 4.54. The van der Waals surface area contributed by atoms with Gasteiger partial charge in [0, 0.05) is 10.7 Å². The molecule has 1 atom stereocenters. The molecule has 2 nitrogen and oxygen atoms in total. The van der Waals surface area contributed by atoms with E-state index < -0.39 is 29.2 Å². The summed E-state index contributed by atoms with van der Waals surface area (Å²) in [7, 11) is 2.09. The molecule has 0 bridgehead atoms. The number of alkyl halides is 4. The molecule has 8 heteroatoms. The molecule has 68 valence electrons. The smallest absolute Gasteiger partial charge is 0.272 e. The second-order valence-corrected chi connectivity index (χ2v) is 2.90. The zero-order valence-corrected chi connectivity index (χ0v) is 6.47. The van der Waals surface area contributed by atoms with Crippen molar-refractivity contribution in [3.8, 4) is 0 Å². The highest BCUT2D eigenvalue weighted by Crippen LogP contribution is 2.23. The van der Waals surface area contributed by atoms with E-state index in [4.69, 9.17) is 0 Å². The number of hydrogen-bond donors (Lipinski definition) is 0. The summed E-state index contributed by atoms with van der Waals surface area (Å²) < 4.78 is 59.6. The van der Waals surface area contributed by atoms with E-state index in [0.717, 1.165) is 0 Å². The molecule has 0 aliphatic rings. The van der Waals surface area contributed by atoms with Gasteiger partial charge in [-0.25, -0.2) is 13.0 Å². The minimum absolute atomic E-state index is 1.65. The predicted octanol–water partition coefficient (Wildman–Crippen LogP) is 1.72. The summed E-state index contributed by atoms with van der Waals surface area (Å²) in [5, 5.41) is 0. The lowest BCUT2D eigenvalue weighted by molar-refractivity contribution is -0.146. The van der Waals surface area contributed by atoms with E-state index in [1.165, 1.54) is 0 Å². The van der Waals surface area contributed by atoms with Gasteiger partial charge in [-0.2, -0.15) is 8.78 Å². The van der Waals surface area contributed by atoms with Gasteiger partial charge in [-0.05, 0) is 0 Å². The fraction of sp³-hybridized carbons (Fsp3) is 1.00. The highest BCUT2D eigenvalue weighted by molar-refractivity contribution is 8.04. The van der Waals surface area contributed by atoms with Crippen LogP contribution in [0.25, 0.3) is 0 Å². The van der Waals surface area contributed by atoms with E-state index in [0.29, 0.717) is 0 Å². The molecular weight excluding hydrogens is 212 g/mol. The Labute approximate surface area is 66.6 Å². The summed E-state index contributed by atoms with van der Waals surface area (Å²) in [5.41, 5.74) is 0. The Morgan fingerprint density at radius 3 is 2.27 bits per heavy atom. The molecule has 11 heavy (non-hydrogen) atoms. The van der Waals surface area contributed by atoms with Crippen LogP contribution in [0.3, 0.4) is 0 Å². The first kappa shape index (κ1) is 11.1. The average molecular weight is 215 g/mol. The summed E-state index contributed by atoms with van der Waals surface area (Å²) in [6.45, 7) is -1.65. The van der Waals surface area contributed by atoms with Gasteiger partial charge in [0.05, 0.1) is 0 Å². The Morgan fingerprint density at radius 2 is 2.00 bits per heavy atom. The van der Waals surface area contributed by atoms with Crippen LogP contribution in [0.5, 0.6) is 0 Å². The summed E-state index contributed by atoms with van der Waals surface area (Å²) in [6.07, 6.45) is -3.84. The van der Waals surface area contributed by atoms with Crippen LogP contribution in [0.1, 0.15) is 0 Å². The molecule has 0 aliphatic carbocycles. The van der Waals surface area contributed by atoms with Gasteiger partial charge in [0.15, 0.2) is 0 Å². The standard InChI is InChI=1S/C3H3ClF4O2S/c4-11(9)10-1-3(7,8)2(5)6/h2H,1H2. The van der Waals surface area contributed by atoms with E-state index >= 15 is 0 Å². The molecule has 0 N–H and O–H groups in total. The zero-order chi connectivity index (χ0) is 9.07. The van der Waals surface area contributed by atoms with Gasteiger partial charge in [-0.3, -0.25) is 4.18 Å². The normalized spacial score (nSPS) is 15.5. The Morgan fingerprint density at radius 1 is 1.55 bits per heavy atom. The van der Waals surface area contributed by atoms with Crippen molar-refractivity contribution in [3.63, 3.8) is 0 Å². The van der Waals surface area contributed by atoms with Gasteiger partial charge in [-0.15, -0.1) is 0 Å². The fourth-order valence-electron chi connectivity index (χ4n) is 0.188. The molecule has 0 saturated carbocycles. The van der Waals surface area contributed by atoms with Gasteiger partial charge in [0.2, 0.25) is 0 Å². The van der Waals surface area contributed by atoms with Crippen molar-refractivity contribution in [1.82, 2.24) is 0 Å². The van der Waals surface area contributed by atoms with Crippen LogP contribution in [0.15, 0.2) is 0 Å². The third-order valence-corrected chi connectivity index (χ3v) is 1.23. The molecule has 0 spiro atoms. The van der Waals surface area contributed by atoms with Gasteiger partial charge in [0.1, 0.15) is 6.61 Å². The number of halogens is 5. The molecule has 0 fully saturated rings. The molecule has 0 aromatic rings. The fourth-order valence-corrected chi connectivity index (χ4v) is 0.571. The zero-order valence-electron chi connectivity index (χ0n) is 4.90. The highest BCUT2D eigenvalue weighted by atomic mass is 35.7. The van der Waals surface area contributed by atoms with E-state index in [2.05, 4.69) is 14.9 Å². The van der Waals surface area contributed by atoms with Crippen LogP contribution in [0, 0.1) is 0 Å². The molecule has 0 aromatic carbocycles. The summed E-state index contributed by atoms with van der Waals surface area (Å²) >= 11 is 0. The Kier molecular flexibility index (Phi) is 4.27. The first-order chi connectivity index (χ1) is 4.86. The predicted molar refractivity (Wildman–Crippen MR) is 30.9 cm³/mol. The summed E-state index contributed by atoms with van der Waals surface area (Å²) in [4.78, 5) is 0. The maximum atomic E-state index is 11.8. The van der Waals surface area contributed by atoms with Crippen molar-refractivity contribution in [2.45, 2.75) is 12.3 Å². The van der Waals surface area contributed by atoms with Crippen LogP contribution in [-0.4, -0.2) is 23.2 Å². The van der Waals surface area contributed by atoms with Crippen molar-refractivity contribution >= 4 is 21.0 Å². The maximum absolute atomic E-state index is 11.8. The lowest BCUT2D eigenvalue weighted by Crippen LogP contribution is -2.32. The second kappa shape index (κ2) is 4.22. The number of rotatable bonds is 4. The van der Waals surface area contributed by atoms with E-state index in [1.807, 2.05) is 0 Å². The van der Waals surface area contributed by atoms with Crippen LogP contribution < -0.4 is 0 Å². The first-order valence-electron chi connectivity index (χ1n) is 2.23. The van der Waals surface area contributed by atoms with Crippen LogP contribution in [-0.2, 0) is 14.5 Å². The quantitative estimate of drug-likeness (QED) is 0.526. The van der Waals surface area contributed by atoms with Crippen LogP contribution >= 0.6 is 10.7 Å².